The van der Waals surface area contributed by atoms with Crippen LogP contribution in [0.25, 0.3) is 0 Å². The molecule has 5 atom stereocenters. The number of nitrogens with one attached hydrogen (secondary N) is 1. The van der Waals surface area contributed by atoms with E-state index in [-0.39, 0.29) is 11.5 Å². The van der Waals surface area contributed by atoms with Crippen LogP contribution in [0.1, 0.15) is 50.5 Å². The maximum Gasteiger partial charge on any atom is 0.334 e. The summed E-state index contributed by atoms with van der Waals surface area (Å²) in [6.45, 7) is 4.42. The zero-order chi connectivity index (χ0) is 19.0. The Balaban J connectivity index is 1.81. The van der Waals surface area contributed by atoms with E-state index in [1.54, 1.807) is 0 Å². The van der Waals surface area contributed by atoms with Crippen molar-refractivity contribution in [3.63, 3.8) is 0 Å². The fourth-order valence-electron chi connectivity index (χ4n) is 5.95. The van der Waals surface area contributed by atoms with Gasteiger partial charge in [0.2, 0.25) is 0 Å². The van der Waals surface area contributed by atoms with Crippen molar-refractivity contribution in [2.75, 3.05) is 25.5 Å². The van der Waals surface area contributed by atoms with Gasteiger partial charge in [0.1, 0.15) is 0 Å². The minimum absolute atomic E-state index is 0.284. The first-order valence-electron chi connectivity index (χ1n) is 10.2. The van der Waals surface area contributed by atoms with Crippen molar-refractivity contribution in [3.05, 3.63) is 34.7 Å². The molecule has 146 valence electrons. The molecule has 0 aromatic heterocycles. The van der Waals surface area contributed by atoms with Gasteiger partial charge in [-0.15, -0.1) is 4.91 Å². The second kappa shape index (κ2) is 7.23. The van der Waals surface area contributed by atoms with Crippen molar-refractivity contribution in [1.82, 2.24) is 4.90 Å². The molecule has 0 bridgehead atoms. The van der Waals surface area contributed by atoms with Gasteiger partial charge in [0.15, 0.2) is 6.04 Å². The molecule has 3 aliphatic rings. The summed E-state index contributed by atoms with van der Waals surface area (Å²) in [6.07, 6.45) is 4.94. The van der Waals surface area contributed by atoms with Gasteiger partial charge in [0, 0.05) is 30.6 Å². The van der Waals surface area contributed by atoms with E-state index in [0.29, 0.717) is 18.4 Å². The lowest BCUT2D eigenvalue weighted by Crippen LogP contribution is -2.67. The quantitative estimate of drug-likeness (QED) is 0.633. The summed E-state index contributed by atoms with van der Waals surface area (Å²) in [6, 6.07) is 7.80. The maximum absolute atomic E-state index is 12.2. The van der Waals surface area contributed by atoms with Gasteiger partial charge < -0.3 is 10.1 Å². The average Bonchev–Trinajstić information content (AvgIpc) is 3.06. The van der Waals surface area contributed by atoms with E-state index < -0.39 is 12.0 Å². The Kier molecular flexibility index (Phi) is 4.93. The van der Waals surface area contributed by atoms with E-state index in [9.17, 15) is 9.70 Å². The molecule has 1 N–H and O–H groups in total. The van der Waals surface area contributed by atoms with Gasteiger partial charge in [-0.05, 0) is 36.9 Å². The summed E-state index contributed by atoms with van der Waals surface area (Å²) in [4.78, 5) is 26.4. The highest BCUT2D eigenvalue weighted by atomic mass is 16.5. The highest BCUT2D eigenvalue weighted by Crippen LogP contribution is 2.56. The summed E-state index contributed by atoms with van der Waals surface area (Å²) in [5.41, 5.74) is 2.11. The number of para-hydroxylation sites is 1. The highest BCUT2D eigenvalue weighted by molar-refractivity contribution is 5.76. The third kappa shape index (κ3) is 2.85. The molecule has 2 fully saturated rings. The molecule has 0 spiro atoms. The molecule has 5 unspecified atom stereocenters. The van der Waals surface area contributed by atoms with Crippen molar-refractivity contribution < 1.29 is 9.53 Å². The fraction of sp³-hybridized carbons (Fsp3) is 0.667. The van der Waals surface area contributed by atoms with Crippen molar-refractivity contribution >= 4 is 11.7 Å². The number of nitroso groups, excluding NO2 is 1. The Bertz CT molecular complexity index is 724. The van der Waals surface area contributed by atoms with Crippen molar-refractivity contribution in [2.24, 2.45) is 11.1 Å². The first-order chi connectivity index (χ1) is 13.1. The molecule has 1 aromatic rings. The molecular formula is C21H29N3O3. The first-order valence-corrected chi connectivity index (χ1v) is 10.2. The minimum Gasteiger partial charge on any atom is -0.467 e. The maximum atomic E-state index is 12.2. The fourth-order valence-corrected chi connectivity index (χ4v) is 5.95. The summed E-state index contributed by atoms with van der Waals surface area (Å²) >= 11 is 0. The van der Waals surface area contributed by atoms with Crippen molar-refractivity contribution in [1.29, 1.82) is 0 Å². The van der Waals surface area contributed by atoms with E-state index in [0.717, 1.165) is 31.6 Å². The second-order valence-electron chi connectivity index (χ2n) is 8.25. The topological polar surface area (TPSA) is 71.0 Å². The first kappa shape index (κ1) is 18.4. The Hall–Kier alpha value is -1.95. The van der Waals surface area contributed by atoms with Crippen LogP contribution in [-0.2, 0) is 9.53 Å². The van der Waals surface area contributed by atoms with E-state index in [1.807, 2.05) is 6.07 Å². The standard InChI is InChI=1S/C21H29N3O3/c1-3-14-13-24-11-7-6-10-18(24)21(12-17(23-26)20(25)27-2)19(14)15-8-4-5-9-16(15)22-21/h4-5,8-9,14,17-19,22H,3,6-7,10-13H2,1-2H3. The lowest BCUT2D eigenvalue weighted by atomic mass is 9.62. The smallest absolute Gasteiger partial charge is 0.334 e. The molecule has 0 amide bonds. The number of hydrogen-bond donors (Lipinski definition) is 1. The molecule has 0 saturated carbocycles. The van der Waals surface area contributed by atoms with Crippen LogP contribution in [-0.4, -0.2) is 48.7 Å². The van der Waals surface area contributed by atoms with E-state index in [4.69, 9.17) is 4.74 Å². The van der Waals surface area contributed by atoms with Gasteiger partial charge in [0.25, 0.3) is 0 Å². The third-order valence-electron chi connectivity index (χ3n) is 7.02. The number of anilines is 1. The summed E-state index contributed by atoms with van der Waals surface area (Å²) in [7, 11) is 1.33. The Morgan fingerprint density at radius 2 is 2.22 bits per heavy atom. The number of hydrogen-bond acceptors (Lipinski definition) is 6. The monoisotopic (exact) mass is 371 g/mol. The Morgan fingerprint density at radius 3 is 2.96 bits per heavy atom. The predicted octanol–water partition coefficient (Wildman–Crippen LogP) is 3.53. The van der Waals surface area contributed by atoms with Crippen LogP contribution < -0.4 is 5.32 Å². The van der Waals surface area contributed by atoms with Gasteiger partial charge in [-0.3, -0.25) is 4.90 Å². The number of fused-ring (bicyclic) bond motifs is 5. The molecule has 1 aromatic carbocycles. The minimum atomic E-state index is -0.973. The van der Waals surface area contributed by atoms with Gasteiger partial charge >= 0.3 is 5.97 Å². The Labute approximate surface area is 160 Å². The summed E-state index contributed by atoms with van der Waals surface area (Å²) in [5, 5.41) is 6.99. The summed E-state index contributed by atoms with van der Waals surface area (Å²) < 4.78 is 4.88. The normalized spacial score (nSPS) is 33.2. The van der Waals surface area contributed by atoms with Gasteiger partial charge in [-0.1, -0.05) is 43.1 Å². The largest absolute Gasteiger partial charge is 0.467 e. The average molecular weight is 371 g/mol. The molecule has 2 saturated heterocycles. The van der Waals surface area contributed by atoms with Crippen LogP contribution >= 0.6 is 0 Å². The number of methoxy groups -OCH3 is 1. The van der Waals surface area contributed by atoms with Gasteiger partial charge in [-0.2, -0.15) is 0 Å². The molecule has 6 nitrogen and oxygen atoms in total. The molecular weight excluding hydrogens is 342 g/mol. The molecule has 0 aliphatic carbocycles. The number of ether oxygens (including phenoxy) is 1. The zero-order valence-electron chi connectivity index (χ0n) is 16.2. The zero-order valence-corrected chi connectivity index (χ0v) is 16.2. The lowest BCUT2D eigenvalue weighted by Gasteiger charge is -2.57. The van der Waals surface area contributed by atoms with Crippen molar-refractivity contribution in [2.45, 2.75) is 62.6 Å². The number of nitrogens with zero attached hydrogens (tertiary/aromatic N) is 2. The second-order valence-corrected chi connectivity index (χ2v) is 8.25. The van der Waals surface area contributed by atoms with E-state index in [2.05, 4.69) is 40.5 Å². The van der Waals surface area contributed by atoms with Crippen LogP contribution in [0.3, 0.4) is 0 Å². The molecule has 27 heavy (non-hydrogen) atoms. The van der Waals surface area contributed by atoms with E-state index >= 15 is 0 Å². The predicted molar refractivity (Wildman–Crippen MR) is 105 cm³/mol. The number of carbonyl (C=O) groups excluding carboxylic acids is 1. The molecule has 4 rings (SSSR count). The van der Waals surface area contributed by atoms with Gasteiger partial charge in [-0.25, -0.2) is 4.79 Å². The highest BCUT2D eigenvalue weighted by Gasteiger charge is 2.59. The molecule has 6 heteroatoms. The van der Waals surface area contributed by atoms with Crippen molar-refractivity contribution in [3.8, 4) is 0 Å². The number of benzene rings is 1. The number of carbonyl (C=O) groups is 1. The molecule has 3 aliphatic heterocycles. The Morgan fingerprint density at radius 1 is 1.41 bits per heavy atom. The van der Waals surface area contributed by atoms with Crippen LogP contribution in [0.2, 0.25) is 0 Å². The van der Waals surface area contributed by atoms with Crippen LogP contribution in [0.15, 0.2) is 29.4 Å². The summed E-state index contributed by atoms with van der Waals surface area (Å²) in [5.74, 6) is 0.240. The third-order valence-corrected chi connectivity index (χ3v) is 7.02. The SMILES string of the molecule is CCC1CN2CCCCC2C2(CC(N=O)C(=O)OC)Nc3ccccc3C12. The van der Waals surface area contributed by atoms with Crippen LogP contribution in [0.4, 0.5) is 5.69 Å². The number of piperidine rings is 2. The number of rotatable bonds is 5. The van der Waals surface area contributed by atoms with Crippen LogP contribution in [0.5, 0.6) is 0 Å². The lowest BCUT2D eigenvalue weighted by molar-refractivity contribution is -0.143. The van der Waals surface area contributed by atoms with Crippen LogP contribution in [0, 0.1) is 10.8 Å². The molecule has 0 radical (unpaired) electrons. The van der Waals surface area contributed by atoms with Gasteiger partial charge in [0.05, 0.1) is 12.6 Å². The molecule has 3 heterocycles. The van der Waals surface area contributed by atoms with E-state index in [1.165, 1.54) is 25.5 Å². The number of esters is 1.